The normalized spacial score (nSPS) is 22.3. The highest BCUT2D eigenvalue weighted by atomic mass is 35.5. The van der Waals surface area contributed by atoms with Crippen molar-refractivity contribution in [2.75, 3.05) is 25.0 Å². The van der Waals surface area contributed by atoms with Gasteiger partial charge in [0.1, 0.15) is 36.0 Å². The summed E-state index contributed by atoms with van der Waals surface area (Å²) in [6.45, 7) is 9.32. The van der Waals surface area contributed by atoms with Gasteiger partial charge in [-0.1, -0.05) is 55.3 Å². The van der Waals surface area contributed by atoms with Gasteiger partial charge < -0.3 is 41.1 Å². The highest BCUT2D eigenvalue weighted by molar-refractivity contribution is 6.30. The Hall–Kier alpha value is -5.09. The van der Waals surface area contributed by atoms with E-state index in [4.69, 9.17) is 11.6 Å². The fourth-order valence-corrected chi connectivity index (χ4v) is 8.52. The van der Waals surface area contributed by atoms with E-state index in [-0.39, 0.29) is 54.2 Å². The lowest BCUT2D eigenvalue weighted by Crippen LogP contribution is -2.62. The second-order valence-electron chi connectivity index (χ2n) is 16.3. The first-order valence-corrected chi connectivity index (χ1v) is 21.2. The van der Waals surface area contributed by atoms with Gasteiger partial charge in [-0.3, -0.25) is 28.8 Å². The number of nitrogens with one attached hydrogen (secondary N) is 4. The summed E-state index contributed by atoms with van der Waals surface area (Å²) >= 11 is 5.78. The summed E-state index contributed by atoms with van der Waals surface area (Å²) < 4.78 is 14.1. The second-order valence-corrected chi connectivity index (χ2v) is 16.7. The number of rotatable bonds is 14. The number of amides is 7. The molecular formula is C43H57ClFN7O8. The van der Waals surface area contributed by atoms with Crippen LogP contribution in [0.3, 0.4) is 0 Å². The van der Waals surface area contributed by atoms with Crippen LogP contribution >= 0.6 is 11.6 Å². The van der Waals surface area contributed by atoms with Crippen molar-refractivity contribution in [2.24, 2.45) is 5.92 Å². The summed E-state index contributed by atoms with van der Waals surface area (Å²) in [6, 6.07) is 3.97. The predicted molar refractivity (Wildman–Crippen MR) is 222 cm³/mol. The summed E-state index contributed by atoms with van der Waals surface area (Å²) in [5.41, 5.74) is 1.68. The third-order valence-electron chi connectivity index (χ3n) is 11.5. The minimum absolute atomic E-state index is 0.00131. The molecule has 3 saturated heterocycles. The molecule has 0 aromatic heterocycles. The number of carbonyl (C=O) groups is 7. The number of benzene rings is 2. The zero-order valence-corrected chi connectivity index (χ0v) is 35.6. The summed E-state index contributed by atoms with van der Waals surface area (Å²) in [4.78, 5) is 99.9. The first-order valence-electron chi connectivity index (χ1n) is 20.8. The van der Waals surface area contributed by atoms with E-state index >= 15 is 0 Å². The van der Waals surface area contributed by atoms with Crippen LogP contribution in [0, 0.1) is 18.7 Å². The van der Waals surface area contributed by atoms with Gasteiger partial charge in [0, 0.05) is 38.2 Å². The maximum absolute atomic E-state index is 14.3. The van der Waals surface area contributed by atoms with Crippen molar-refractivity contribution < 1.29 is 43.1 Å². The van der Waals surface area contributed by atoms with Crippen molar-refractivity contribution >= 4 is 58.6 Å². The van der Waals surface area contributed by atoms with E-state index in [1.165, 1.54) is 28.9 Å². The number of hydrogen-bond acceptors (Lipinski definition) is 8. The van der Waals surface area contributed by atoms with Gasteiger partial charge in [0.25, 0.3) is 0 Å². The molecule has 15 nitrogen and oxygen atoms in total. The van der Waals surface area contributed by atoms with E-state index in [0.717, 1.165) is 11.6 Å². The Morgan fingerprint density at radius 3 is 2.27 bits per heavy atom. The van der Waals surface area contributed by atoms with Crippen LogP contribution in [0.2, 0.25) is 5.02 Å². The van der Waals surface area contributed by atoms with Crippen molar-refractivity contribution in [2.45, 2.75) is 128 Å². The SMILES string of the molecule is CCC(=O)[C@@H]1C[C@@H](C)CN1C(=O)[C@H](C)NC(=O)[C@@H]1CCCCN1C(=O)[C@@H]1CCCN1C(=O)[C@@H](NC(=O)[C@H](Cc1cccc(C)c1)NC(=O)Nc1ccc(Cl)c(F)c1)[C@H](C)O. The van der Waals surface area contributed by atoms with Gasteiger partial charge >= 0.3 is 6.03 Å². The number of Topliss-reactive ketones (excluding diaryl/α,β-unsaturated/α-hetero) is 1. The summed E-state index contributed by atoms with van der Waals surface area (Å²) in [6.07, 6.45) is 1.82. The molecule has 0 saturated carbocycles. The fourth-order valence-electron chi connectivity index (χ4n) is 8.40. The Bertz CT molecular complexity index is 1950. The lowest BCUT2D eigenvalue weighted by Gasteiger charge is -2.39. The predicted octanol–water partition coefficient (Wildman–Crippen LogP) is 3.48. The van der Waals surface area contributed by atoms with Crippen LogP contribution in [0.25, 0.3) is 0 Å². The van der Waals surface area contributed by atoms with Gasteiger partial charge in [-0.2, -0.15) is 0 Å². The van der Waals surface area contributed by atoms with E-state index < -0.39 is 77.8 Å². The van der Waals surface area contributed by atoms with Crippen LogP contribution in [0.4, 0.5) is 14.9 Å². The molecule has 0 spiro atoms. The lowest BCUT2D eigenvalue weighted by molar-refractivity contribution is -0.152. The summed E-state index contributed by atoms with van der Waals surface area (Å²) in [7, 11) is 0. The fraction of sp³-hybridized carbons (Fsp3) is 0.558. The van der Waals surface area contributed by atoms with Gasteiger partial charge in [-0.25, -0.2) is 9.18 Å². The van der Waals surface area contributed by atoms with E-state index in [2.05, 4.69) is 21.3 Å². The number of nitrogens with zero attached hydrogens (tertiary/aromatic N) is 3. The molecule has 3 aliphatic rings. The van der Waals surface area contributed by atoms with Crippen LogP contribution in [0.15, 0.2) is 42.5 Å². The first kappa shape index (κ1) is 46.0. The number of likely N-dealkylation sites (tertiary alicyclic amines) is 3. The van der Waals surface area contributed by atoms with E-state index in [1.54, 1.807) is 30.9 Å². The Balaban J connectivity index is 1.28. The molecule has 2 aromatic rings. The van der Waals surface area contributed by atoms with E-state index in [9.17, 15) is 43.1 Å². The Labute approximate surface area is 355 Å². The lowest BCUT2D eigenvalue weighted by atomic mass is 9.99. The number of piperidine rings is 1. The van der Waals surface area contributed by atoms with Crippen molar-refractivity contribution in [3.8, 4) is 0 Å². The molecule has 3 aliphatic heterocycles. The molecule has 326 valence electrons. The number of carbonyl (C=O) groups excluding carboxylic acids is 7. The molecule has 60 heavy (non-hydrogen) atoms. The maximum Gasteiger partial charge on any atom is 0.319 e. The van der Waals surface area contributed by atoms with Crippen LogP contribution in [-0.2, 0) is 35.2 Å². The average Bonchev–Trinajstić information content (AvgIpc) is 3.87. The van der Waals surface area contributed by atoms with Gasteiger partial charge in [0.2, 0.25) is 29.5 Å². The zero-order valence-electron chi connectivity index (χ0n) is 34.8. The standard InChI is InChI=1S/C43H57ClFN7O8/c1-6-36(54)35-20-25(3)23-52(35)40(57)26(4)46-39(56)33-13-7-8-17-50(33)41(58)34-14-10-18-51(34)42(59)37(27(5)53)49-38(55)32(21-28-12-9-11-24(2)19-28)48-43(60)47-29-15-16-30(44)31(45)22-29/h9,11-12,15-16,19,22,25-27,32-35,37,53H,6-8,10,13-14,17-18,20-21,23H2,1-5H3,(H,46,56)(H,49,55)(H2,47,48,60)/t25-,26+,27+,32+,33+,34+,35+,37+/m1/s1. The molecule has 0 aliphatic carbocycles. The summed E-state index contributed by atoms with van der Waals surface area (Å²) in [5, 5.41) is 21.2. The maximum atomic E-state index is 14.3. The monoisotopic (exact) mass is 853 g/mol. The molecular weight excluding hydrogens is 797 g/mol. The highest BCUT2D eigenvalue weighted by Crippen LogP contribution is 2.28. The number of aryl methyl sites for hydroxylation is 1. The Kier molecular flexibility index (Phi) is 15.7. The van der Waals surface area contributed by atoms with Crippen LogP contribution in [-0.4, -0.2) is 123 Å². The minimum Gasteiger partial charge on any atom is -0.391 e. The van der Waals surface area contributed by atoms with Gasteiger partial charge in [-0.05, 0) is 89.0 Å². The van der Waals surface area contributed by atoms with Crippen LogP contribution in [0.5, 0.6) is 0 Å². The van der Waals surface area contributed by atoms with Gasteiger partial charge in [-0.15, -0.1) is 0 Å². The quantitative estimate of drug-likeness (QED) is 0.190. The molecule has 3 fully saturated rings. The van der Waals surface area contributed by atoms with Gasteiger partial charge in [0.05, 0.1) is 17.2 Å². The third-order valence-corrected chi connectivity index (χ3v) is 11.8. The number of urea groups is 1. The molecule has 0 bridgehead atoms. The van der Waals surface area contributed by atoms with Crippen LogP contribution in [0.1, 0.15) is 83.8 Å². The van der Waals surface area contributed by atoms with Crippen molar-refractivity contribution in [1.82, 2.24) is 30.7 Å². The number of anilines is 1. The van der Waals surface area contributed by atoms with Crippen molar-refractivity contribution in [1.29, 1.82) is 0 Å². The minimum atomic E-state index is -1.51. The molecule has 0 radical (unpaired) electrons. The molecule has 7 amide bonds. The summed E-state index contributed by atoms with van der Waals surface area (Å²) in [5.74, 6) is -3.46. The van der Waals surface area contributed by atoms with E-state index in [1.807, 2.05) is 26.0 Å². The van der Waals surface area contributed by atoms with Crippen LogP contribution < -0.4 is 21.3 Å². The molecule has 17 heteroatoms. The molecule has 2 aromatic carbocycles. The van der Waals surface area contributed by atoms with E-state index in [0.29, 0.717) is 50.6 Å². The highest BCUT2D eigenvalue weighted by Gasteiger charge is 2.45. The number of aliphatic hydroxyl groups is 1. The number of halogens is 2. The number of ketones is 1. The van der Waals surface area contributed by atoms with Crippen molar-refractivity contribution in [3.63, 3.8) is 0 Å². The third kappa shape index (κ3) is 11.2. The molecule has 0 unspecified atom stereocenters. The molecule has 5 rings (SSSR count). The smallest absolute Gasteiger partial charge is 0.319 e. The largest absolute Gasteiger partial charge is 0.391 e. The number of hydrogen-bond donors (Lipinski definition) is 5. The Morgan fingerprint density at radius 1 is 0.867 bits per heavy atom. The zero-order chi connectivity index (χ0) is 43.8. The average molecular weight is 854 g/mol. The van der Waals surface area contributed by atoms with Gasteiger partial charge in [0.15, 0.2) is 5.78 Å². The topological polar surface area (TPSA) is 198 Å². The first-order chi connectivity index (χ1) is 28.5. The Morgan fingerprint density at radius 2 is 1.58 bits per heavy atom. The van der Waals surface area contributed by atoms with Crippen molar-refractivity contribution in [3.05, 3.63) is 64.4 Å². The molecule has 3 heterocycles. The molecule has 5 N–H and O–H groups in total. The second kappa shape index (κ2) is 20.4. The number of aliphatic hydroxyl groups excluding tert-OH is 1. The molecule has 8 atom stereocenters.